The van der Waals surface area contributed by atoms with E-state index in [9.17, 15) is 9.90 Å². The van der Waals surface area contributed by atoms with Crippen molar-refractivity contribution in [3.63, 3.8) is 0 Å². The SMILES string of the molecule is CCCC(C(=O)N1CC(CO)OC(C)(C)C1)C(N)=S. The molecule has 2 atom stereocenters. The van der Waals surface area contributed by atoms with Crippen LogP contribution in [0.5, 0.6) is 0 Å². The number of rotatable bonds is 5. The maximum absolute atomic E-state index is 12.5. The fourth-order valence-corrected chi connectivity index (χ4v) is 2.67. The minimum atomic E-state index is -0.464. The van der Waals surface area contributed by atoms with Crippen LogP contribution in [0.3, 0.4) is 0 Å². The first kappa shape index (κ1) is 16.3. The van der Waals surface area contributed by atoms with Crippen molar-refractivity contribution in [3.8, 4) is 0 Å². The molecule has 0 aromatic rings. The number of carbonyl (C=O) groups is 1. The third-order valence-corrected chi connectivity index (χ3v) is 3.50. The van der Waals surface area contributed by atoms with Crippen molar-refractivity contribution in [2.24, 2.45) is 11.7 Å². The summed E-state index contributed by atoms with van der Waals surface area (Å²) in [4.78, 5) is 14.5. The second-order valence-corrected chi connectivity index (χ2v) is 6.12. The molecule has 0 saturated carbocycles. The van der Waals surface area contributed by atoms with Gasteiger partial charge in [0.2, 0.25) is 5.91 Å². The van der Waals surface area contributed by atoms with E-state index in [1.165, 1.54) is 0 Å². The van der Waals surface area contributed by atoms with E-state index in [4.69, 9.17) is 22.7 Å². The van der Waals surface area contributed by atoms with Gasteiger partial charge in [-0.05, 0) is 20.3 Å². The molecule has 110 valence electrons. The summed E-state index contributed by atoms with van der Waals surface area (Å²) in [6.45, 7) is 6.60. The van der Waals surface area contributed by atoms with Crippen LogP contribution in [0.4, 0.5) is 0 Å². The summed E-state index contributed by atoms with van der Waals surface area (Å²) in [6.07, 6.45) is 1.17. The lowest BCUT2D eigenvalue weighted by Gasteiger charge is -2.43. The summed E-state index contributed by atoms with van der Waals surface area (Å²) in [5.41, 5.74) is 5.20. The predicted octanol–water partition coefficient (Wildman–Crippen LogP) is 0.687. The zero-order valence-corrected chi connectivity index (χ0v) is 12.7. The van der Waals surface area contributed by atoms with E-state index in [1.54, 1.807) is 4.90 Å². The second kappa shape index (κ2) is 6.63. The number of morpholine rings is 1. The lowest BCUT2D eigenvalue weighted by molar-refractivity contribution is -0.168. The number of aliphatic hydroxyl groups excluding tert-OH is 1. The van der Waals surface area contributed by atoms with Gasteiger partial charge in [0.25, 0.3) is 0 Å². The van der Waals surface area contributed by atoms with Crippen molar-refractivity contribution in [2.75, 3.05) is 19.7 Å². The van der Waals surface area contributed by atoms with E-state index in [0.29, 0.717) is 19.5 Å². The third-order valence-electron chi connectivity index (χ3n) is 3.22. The average Bonchev–Trinajstić information content (AvgIpc) is 2.32. The van der Waals surface area contributed by atoms with Gasteiger partial charge in [-0.3, -0.25) is 4.79 Å². The summed E-state index contributed by atoms with van der Waals surface area (Å²) in [5.74, 6) is -0.461. The molecule has 1 amide bonds. The van der Waals surface area contributed by atoms with Crippen molar-refractivity contribution in [2.45, 2.75) is 45.3 Å². The van der Waals surface area contributed by atoms with Crippen molar-refractivity contribution in [1.29, 1.82) is 0 Å². The Morgan fingerprint density at radius 1 is 1.63 bits per heavy atom. The van der Waals surface area contributed by atoms with Crippen molar-refractivity contribution < 1.29 is 14.6 Å². The molecular weight excluding hydrogens is 264 g/mol. The highest BCUT2D eigenvalue weighted by atomic mass is 32.1. The Balaban J connectivity index is 2.81. The minimum Gasteiger partial charge on any atom is -0.394 e. The third kappa shape index (κ3) is 4.40. The fourth-order valence-electron chi connectivity index (χ4n) is 2.46. The highest BCUT2D eigenvalue weighted by molar-refractivity contribution is 7.80. The Morgan fingerprint density at radius 2 is 2.26 bits per heavy atom. The Kier molecular flexibility index (Phi) is 5.70. The quantitative estimate of drug-likeness (QED) is 0.728. The number of nitrogens with two attached hydrogens (primary N) is 1. The van der Waals surface area contributed by atoms with Gasteiger partial charge in [0.1, 0.15) is 0 Å². The van der Waals surface area contributed by atoms with Gasteiger partial charge in [-0.2, -0.15) is 0 Å². The molecule has 1 fully saturated rings. The molecule has 0 aliphatic carbocycles. The van der Waals surface area contributed by atoms with Crippen LogP contribution in [0.15, 0.2) is 0 Å². The van der Waals surface area contributed by atoms with Gasteiger partial charge in [0.15, 0.2) is 0 Å². The van der Waals surface area contributed by atoms with Gasteiger partial charge in [-0.25, -0.2) is 0 Å². The van der Waals surface area contributed by atoms with E-state index < -0.39 is 11.5 Å². The van der Waals surface area contributed by atoms with Gasteiger partial charge in [-0.1, -0.05) is 25.6 Å². The molecule has 1 aliphatic rings. The Labute approximate surface area is 120 Å². The highest BCUT2D eigenvalue weighted by Crippen LogP contribution is 2.23. The van der Waals surface area contributed by atoms with Crippen molar-refractivity contribution in [1.82, 2.24) is 4.90 Å². The van der Waals surface area contributed by atoms with Crippen LogP contribution in [-0.2, 0) is 9.53 Å². The van der Waals surface area contributed by atoms with Crippen LogP contribution in [-0.4, -0.2) is 52.3 Å². The van der Waals surface area contributed by atoms with E-state index in [2.05, 4.69) is 0 Å². The Morgan fingerprint density at radius 3 is 2.74 bits per heavy atom. The largest absolute Gasteiger partial charge is 0.394 e. The number of nitrogens with zero attached hydrogens (tertiary/aromatic N) is 1. The summed E-state index contributed by atoms with van der Waals surface area (Å²) >= 11 is 4.99. The molecule has 0 bridgehead atoms. The van der Waals surface area contributed by atoms with Crippen molar-refractivity contribution in [3.05, 3.63) is 0 Å². The standard InChI is InChI=1S/C13H24N2O3S/c1-4-5-10(11(14)19)12(17)15-6-9(7-16)18-13(2,3)8-15/h9-10,16H,4-8H2,1-3H3,(H2,14,19). The molecule has 1 aliphatic heterocycles. The number of aliphatic hydroxyl groups is 1. The normalized spacial score (nSPS) is 24.0. The van der Waals surface area contributed by atoms with E-state index >= 15 is 0 Å². The number of hydrogen-bond acceptors (Lipinski definition) is 4. The first-order valence-electron chi connectivity index (χ1n) is 6.67. The predicted molar refractivity (Wildman–Crippen MR) is 77.8 cm³/mol. The number of carbonyl (C=O) groups excluding carboxylic acids is 1. The smallest absolute Gasteiger partial charge is 0.232 e. The van der Waals surface area contributed by atoms with Gasteiger partial charge in [0, 0.05) is 13.1 Å². The molecule has 0 spiro atoms. The first-order valence-corrected chi connectivity index (χ1v) is 7.08. The van der Waals surface area contributed by atoms with Crippen LogP contribution >= 0.6 is 12.2 Å². The highest BCUT2D eigenvalue weighted by Gasteiger charge is 2.37. The molecule has 5 nitrogen and oxygen atoms in total. The maximum atomic E-state index is 12.5. The lowest BCUT2D eigenvalue weighted by Crippen LogP contribution is -2.57. The topological polar surface area (TPSA) is 75.8 Å². The molecular formula is C13H24N2O3S. The molecule has 19 heavy (non-hydrogen) atoms. The summed E-state index contributed by atoms with van der Waals surface area (Å²) in [5, 5.41) is 9.26. The van der Waals surface area contributed by atoms with Crippen molar-refractivity contribution >= 4 is 23.1 Å². The van der Waals surface area contributed by atoms with Gasteiger partial charge >= 0.3 is 0 Å². The van der Waals surface area contributed by atoms with E-state index in [-0.39, 0.29) is 23.6 Å². The minimum absolute atomic E-state index is 0.0517. The number of hydrogen-bond donors (Lipinski definition) is 2. The van der Waals surface area contributed by atoms with Gasteiger partial charge in [-0.15, -0.1) is 0 Å². The van der Waals surface area contributed by atoms with E-state index in [1.807, 2.05) is 20.8 Å². The molecule has 0 radical (unpaired) electrons. The Bertz CT molecular complexity index is 347. The molecule has 0 aromatic carbocycles. The molecule has 1 rings (SSSR count). The lowest BCUT2D eigenvalue weighted by atomic mass is 9.99. The summed E-state index contributed by atoms with van der Waals surface area (Å²) in [6, 6.07) is 0. The van der Waals surface area contributed by atoms with Crippen LogP contribution in [0, 0.1) is 5.92 Å². The zero-order chi connectivity index (χ0) is 14.6. The van der Waals surface area contributed by atoms with E-state index in [0.717, 1.165) is 6.42 Å². The van der Waals surface area contributed by atoms with Crippen LogP contribution in [0.25, 0.3) is 0 Å². The maximum Gasteiger partial charge on any atom is 0.232 e. The number of thiocarbonyl (C=S) groups is 1. The molecule has 3 N–H and O–H groups in total. The van der Waals surface area contributed by atoms with Gasteiger partial charge in [0.05, 0.1) is 29.2 Å². The van der Waals surface area contributed by atoms with Crippen LogP contribution in [0.2, 0.25) is 0 Å². The molecule has 0 aromatic heterocycles. The van der Waals surface area contributed by atoms with Crippen LogP contribution in [0.1, 0.15) is 33.6 Å². The first-order chi connectivity index (χ1) is 8.80. The van der Waals surface area contributed by atoms with Crippen LogP contribution < -0.4 is 5.73 Å². The monoisotopic (exact) mass is 288 g/mol. The molecule has 1 saturated heterocycles. The number of ether oxygens (including phenoxy) is 1. The van der Waals surface area contributed by atoms with Gasteiger partial charge < -0.3 is 20.5 Å². The summed E-state index contributed by atoms with van der Waals surface area (Å²) in [7, 11) is 0. The molecule has 1 heterocycles. The average molecular weight is 288 g/mol. The Hall–Kier alpha value is -0.720. The summed E-state index contributed by atoms with van der Waals surface area (Å²) < 4.78 is 5.70. The molecule has 6 heteroatoms. The molecule has 2 unspecified atom stereocenters. The second-order valence-electron chi connectivity index (χ2n) is 5.64. The number of amides is 1. The fraction of sp³-hybridized carbons (Fsp3) is 0.846. The zero-order valence-electron chi connectivity index (χ0n) is 11.9.